The van der Waals surface area contributed by atoms with E-state index in [9.17, 15) is 10.1 Å². The van der Waals surface area contributed by atoms with Gasteiger partial charge in [-0.25, -0.2) is 4.68 Å². The Morgan fingerprint density at radius 2 is 1.94 bits per heavy atom. The normalized spacial score (nSPS) is 18.5. The van der Waals surface area contributed by atoms with Gasteiger partial charge in [0.05, 0.1) is 36.5 Å². The van der Waals surface area contributed by atoms with Crippen LogP contribution in [0.25, 0.3) is 5.69 Å². The van der Waals surface area contributed by atoms with Gasteiger partial charge in [0, 0.05) is 32.7 Å². The fourth-order valence-corrected chi connectivity index (χ4v) is 4.58. The van der Waals surface area contributed by atoms with Crippen LogP contribution in [0.5, 0.6) is 0 Å². The number of carbonyl (C=O) groups excluding carboxylic acids is 1. The maximum Gasteiger partial charge on any atom is 0.227 e. The van der Waals surface area contributed by atoms with E-state index in [0.29, 0.717) is 26.1 Å². The summed E-state index contributed by atoms with van der Waals surface area (Å²) in [6.45, 7) is 4.47. The fraction of sp³-hybridized carbons (Fsp3) is 0.375. The summed E-state index contributed by atoms with van der Waals surface area (Å²) in [6.07, 6.45) is 2.68. The van der Waals surface area contributed by atoms with Crippen molar-refractivity contribution in [2.24, 2.45) is 0 Å². The Bertz CT molecular complexity index is 1150. The lowest BCUT2D eigenvalue weighted by molar-refractivity contribution is -0.132. The molecule has 5 rings (SSSR count). The number of benzene rings is 2. The molecular weight excluding hydrogens is 418 g/mol. The molecule has 0 bridgehead atoms. The molecule has 1 amide bonds. The summed E-state index contributed by atoms with van der Waals surface area (Å²) in [5, 5.41) is 20.5. The Kier molecular flexibility index (Phi) is 6.11. The molecule has 2 aliphatic rings. The average Bonchev–Trinajstić information content (AvgIpc) is 3.40. The van der Waals surface area contributed by atoms with Crippen LogP contribution >= 0.6 is 0 Å². The van der Waals surface area contributed by atoms with E-state index < -0.39 is 0 Å². The minimum Gasteiger partial charge on any atom is -0.372 e. The van der Waals surface area contributed by atoms with Gasteiger partial charge in [-0.1, -0.05) is 24.3 Å². The second kappa shape index (κ2) is 9.48. The number of tetrazole rings is 1. The molecular formula is C24H25N7O2. The van der Waals surface area contributed by atoms with Gasteiger partial charge in [0.25, 0.3) is 0 Å². The number of hydrogen-bond acceptors (Lipinski definition) is 7. The number of fused-ring (bicyclic) bond motifs is 1. The summed E-state index contributed by atoms with van der Waals surface area (Å²) >= 11 is 0. The van der Waals surface area contributed by atoms with Gasteiger partial charge < -0.3 is 9.64 Å². The number of nitriles is 1. The first-order chi connectivity index (χ1) is 16.2. The number of nitrogens with zero attached hydrogens (tertiary/aromatic N) is 7. The van der Waals surface area contributed by atoms with Gasteiger partial charge >= 0.3 is 0 Å². The number of rotatable bonds is 5. The smallest absolute Gasteiger partial charge is 0.227 e. The molecule has 168 valence electrons. The molecule has 1 unspecified atom stereocenters. The number of aromatic nitrogens is 4. The van der Waals surface area contributed by atoms with Crippen molar-refractivity contribution in [3.8, 4) is 11.8 Å². The van der Waals surface area contributed by atoms with Crippen LogP contribution in [0.2, 0.25) is 0 Å². The summed E-state index contributed by atoms with van der Waals surface area (Å²) in [5.41, 5.74) is 4.83. The van der Waals surface area contributed by atoms with Gasteiger partial charge in [-0.3, -0.25) is 9.69 Å². The summed E-state index contributed by atoms with van der Waals surface area (Å²) in [5.74, 6) is 0.141. The van der Waals surface area contributed by atoms with E-state index in [4.69, 9.17) is 4.74 Å². The van der Waals surface area contributed by atoms with Crippen molar-refractivity contribution >= 4 is 5.91 Å². The Balaban J connectivity index is 1.14. The maximum atomic E-state index is 12.8. The Morgan fingerprint density at radius 1 is 1.12 bits per heavy atom. The molecule has 0 radical (unpaired) electrons. The molecule has 0 aliphatic carbocycles. The average molecular weight is 444 g/mol. The molecule has 1 atom stereocenters. The van der Waals surface area contributed by atoms with E-state index in [-0.39, 0.29) is 12.0 Å². The van der Waals surface area contributed by atoms with Gasteiger partial charge in [0.1, 0.15) is 6.33 Å². The number of ether oxygens (including phenoxy) is 1. The van der Waals surface area contributed by atoms with Gasteiger partial charge in [0.15, 0.2) is 0 Å². The summed E-state index contributed by atoms with van der Waals surface area (Å²) in [7, 11) is 0. The molecule has 1 fully saturated rings. The van der Waals surface area contributed by atoms with Crippen LogP contribution in [0.15, 0.2) is 48.8 Å². The summed E-state index contributed by atoms with van der Waals surface area (Å²) in [6, 6.07) is 15.9. The van der Waals surface area contributed by atoms with Crippen molar-refractivity contribution in [2.45, 2.75) is 18.9 Å². The lowest BCUT2D eigenvalue weighted by atomic mass is 9.93. The van der Waals surface area contributed by atoms with Crippen molar-refractivity contribution in [1.82, 2.24) is 30.0 Å². The molecule has 1 saturated heterocycles. The first-order valence-electron chi connectivity index (χ1n) is 11.2. The van der Waals surface area contributed by atoms with Crippen LogP contribution < -0.4 is 0 Å². The zero-order valence-corrected chi connectivity index (χ0v) is 18.3. The summed E-state index contributed by atoms with van der Waals surface area (Å²) in [4.78, 5) is 17.1. The third-order valence-electron chi connectivity index (χ3n) is 6.40. The molecule has 2 aromatic carbocycles. The minimum atomic E-state index is -0.0250. The highest BCUT2D eigenvalue weighted by molar-refractivity contribution is 5.79. The van der Waals surface area contributed by atoms with E-state index in [1.54, 1.807) is 11.0 Å². The molecule has 2 aliphatic heterocycles. The highest BCUT2D eigenvalue weighted by atomic mass is 16.5. The Hall–Kier alpha value is -3.61. The topological polar surface area (TPSA) is 100 Å². The molecule has 9 nitrogen and oxygen atoms in total. The Morgan fingerprint density at radius 3 is 2.67 bits per heavy atom. The number of hydrogen-bond donors (Lipinski definition) is 0. The van der Waals surface area contributed by atoms with Crippen molar-refractivity contribution < 1.29 is 9.53 Å². The lowest BCUT2D eigenvalue weighted by Crippen LogP contribution is -2.50. The number of piperazine rings is 1. The lowest BCUT2D eigenvalue weighted by Gasteiger charge is -2.37. The van der Waals surface area contributed by atoms with E-state index >= 15 is 0 Å². The van der Waals surface area contributed by atoms with Gasteiger partial charge in [0.2, 0.25) is 5.91 Å². The van der Waals surface area contributed by atoms with Crippen LogP contribution in [0.1, 0.15) is 28.4 Å². The highest BCUT2D eigenvalue weighted by Crippen LogP contribution is 2.30. The largest absolute Gasteiger partial charge is 0.372 e. The molecule has 0 spiro atoms. The van der Waals surface area contributed by atoms with Crippen LogP contribution in [0.3, 0.4) is 0 Å². The number of amides is 1. The van der Waals surface area contributed by atoms with Crippen molar-refractivity contribution in [1.29, 1.82) is 5.26 Å². The molecule has 1 aromatic heterocycles. The van der Waals surface area contributed by atoms with E-state index in [1.807, 2.05) is 41.3 Å². The van der Waals surface area contributed by atoms with Crippen molar-refractivity contribution in [3.63, 3.8) is 0 Å². The maximum absolute atomic E-state index is 12.8. The van der Waals surface area contributed by atoms with E-state index in [1.165, 1.54) is 0 Å². The molecule has 3 aromatic rings. The molecule has 33 heavy (non-hydrogen) atoms. The third-order valence-corrected chi connectivity index (χ3v) is 6.40. The Labute approximate surface area is 192 Å². The molecule has 9 heteroatoms. The van der Waals surface area contributed by atoms with Gasteiger partial charge in [-0.15, -0.1) is 5.10 Å². The van der Waals surface area contributed by atoms with E-state index in [0.717, 1.165) is 54.0 Å². The van der Waals surface area contributed by atoms with Crippen LogP contribution in [-0.4, -0.2) is 75.2 Å². The molecule has 0 saturated carbocycles. The first-order valence-corrected chi connectivity index (χ1v) is 11.2. The minimum absolute atomic E-state index is 0.0250. The first kappa shape index (κ1) is 21.2. The highest BCUT2D eigenvalue weighted by Gasteiger charge is 2.27. The number of carbonyl (C=O) groups is 1. The predicted octanol–water partition coefficient (Wildman–Crippen LogP) is 1.53. The molecule has 0 N–H and O–H groups in total. The second-order valence-corrected chi connectivity index (χ2v) is 8.37. The van der Waals surface area contributed by atoms with Crippen LogP contribution in [-0.2, 0) is 22.4 Å². The third kappa shape index (κ3) is 4.62. The van der Waals surface area contributed by atoms with Crippen LogP contribution in [0, 0.1) is 11.3 Å². The van der Waals surface area contributed by atoms with E-state index in [2.05, 4.69) is 32.6 Å². The van der Waals surface area contributed by atoms with Gasteiger partial charge in [-0.2, -0.15) is 5.26 Å². The summed E-state index contributed by atoms with van der Waals surface area (Å²) < 4.78 is 7.63. The quantitative estimate of drug-likeness (QED) is 0.590. The van der Waals surface area contributed by atoms with Gasteiger partial charge in [-0.05, 0) is 51.7 Å². The second-order valence-electron chi connectivity index (χ2n) is 8.37. The SMILES string of the molecule is N#Cc1cccc2c1CCOC2CN1CCN(C(=O)Cc2ccc(-n3cnnn3)cc2)CC1. The van der Waals surface area contributed by atoms with Crippen molar-refractivity contribution in [2.75, 3.05) is 39.3 Å². The standard InChI is InChI=1S/C24H25N7O2/c25-15-19-2-1-3-22-21(19)8-13-33-23(22)16-29-9-11-30(12-10-29)24(32)14-18-4-6-20(7-5-18)31-17-26-27-28-31/h1-7,17,23H,8-14,16H2. The predicted molar refractivity (Wildman–Crippen MR) is 119 cm³/mol. The zero-order valence-electron chi connectivity index (χ0n) is 18.3. The van der Waals surface area contributed by atoms with Crippen LogP contribution in [0.4, 0.5) is 0 Å². The zero-order chi connectivity index (χ0) is 22.6. The fourth-order valence-electron chi connectivity index (χ4n) is 4.58. The van der Waals surface area contributed by atoms with Crippen molar-refractivity contribution in [3.05, 3.63) is 71.0 Å². The molecule has 3 heterocycles. The monoisotopic (exact) mass is 443 g/mol.